The van der Waals surface area contributed by atoms with Crippen LogP contribution in [0.3, 0.4) is 0 Å². The maximum Gasteiger partial charge on any atom is 0.253 e. The van der Waals surface area contributed by atoms with Gasteiger partial charge < -0.3 is 4.90 Å². The van der Waals surface area contributed by atoms with Gasteiger partial charge in [0.2, 0.25) is 0 Å². The van der Waals surface area contributed by atoms with Gasteiger partial charge in [0.1, 0.15) is 0 Å². The molecule has 208 valence electrons. The summed E-state index contributed by atoms with van der Waals surface area (Å²) in [6.07, 6.45) is 7.49. The smallest absolute Gasteiger partial charge is 0.253 e. The van der Waals surface area contributed by atoms with Gasteiger partial charge in [-0.05, 0) is 49.1 Å². The number of aromatic hydroxyl groups is 1. The molecule has 0 radical (unpaired) electrons. The number of aromatic amines is 1. The molecule has 1 aromatic heterocycles. The number of H-pyrrole nitrogens is 1. The standard InChI is InChI=1S/C21H21N3O.C8H10AsNO5/c25-21(24-14-4-1-5-15-24)17-11-8-16(9-12-17)10-13-20-18-6-2-3-7-19(18)22-23-20;1-5(11)10-7-4-6(9(13,14)15)2-3-8(7)12/h2-3,6-13H,1,4-5,14-15H2,(H,22,23);2-4,12H,1H3,(H,10,11)(H2,13,14,15). The monoisotopic (exact) mass is 606 g/mol. The minimum atomic E-state index is -4.98. The van der Waals surface area contributed by atoms with Crippen LogP contribution in [0.25, 0.3) is 23.1 Å². The Labute approximate surface area is 234 Å². The second kappa shape index (κ2) is 12.8. The average molecular weight is 607 g/mol. The van der Waals surface area contributed by atoms with Crippen LogP contribution in [0.15, 0.2) is 66.7 Å². The molecule has 4 aromatic rings. The fourth-order valence-corrected chi connectivity index (χ4v) is 5.49. The summed E-state index contributed by atoms with van der Waals surface area (Å²) in [5, 5.41) is 20.0. The molecule has 5 rings (SSSR count). The number of phenols is 1. The third-order valence-electron chi connectivity index (χ3n) is 6.36. The fourth-order valence-electron chi connectivity index (χ4n) is 4.30. The summed E-state index contributed by atoms with van der Waals surface area (Å²) in [6.45, 7) is 2.99. The molecule has 0 bridgehead atoms. The minimum Gasteiger partial charge on any atom is -0.339 e. The molecule has 10 nitrogen and oxygen atoms in total. The van der Waals surface area contributed by atoms with Crippen LogP contribution in [-0.2, 0) is 8.53 Å². The maximum absolute atomic E-state index is 12.5. The zero-order valence-corrected chi connectivity index (χ0v) is 23.8. The molecule has 0 saturated carbocycles. The van der Waals surface area contributed by atoms with E-state index in [2.05, 4.69) is 21.6 Å². The molecule has 3 aromatic carbocycles. The first kappa shape index (κ1) is 28.9. The number of nitrogens with one attached hydrogen (secondary N) is 2. The number of para-hydroxylation sites is 1. The number of phenolic OH excluding ortho intramolecular Hbond substituents is 1. The normalized spacial score (nSPS) is 13.6. The molecule has 0 aliphatic carbocycles. The van der Waals surface area contributed by atoms with E-state index in [0.29, 0.717) is 0 Å². The van der Waals surface area contributed by atoms with Crippen LogP contribution in [0.4, 0.5) is 5.69 Å². The predicted molar refractivity (Wildman–Crippen MR) is 154 cm³/mol. The van der Waals surface area contributed by atoms with Crippen molar-refractivity contribution in [3.05, 3.63) is 83.6 Å². The van der Waals surface area contributed by atoms with Gasteiger partial charge in [0, 0.05) is 24.0 Å². The van der Waals surface area contributed by atoms with Crippen LogP contribution >= 0.6 is 0 Å². The molecular formula is C29H31AsN4O6. The van der Waals surface area contributed by atoms with E-state index in [1.807, 2.05) is 59.5 Å². The van der Waals surface area contributed by atoms with Crippen molar-refractivity contribution in [1.82, 2.24) is 15.1 Å². The number of hydrogen-bond acceptors (Lipinski definition) is 5. The first-order valence-corrected chi connectivity index (χ1v) is 16.2. The number of likely N-dealkylation sites (tertiary alicyclic amines) is 1. The first-order chi connectivity index (χ1) is 19.1. The molecule has 1 aliphatic rings. The number of anilines is 1. The molecule has 0 atom stereocenters. The van der Waals surface area contributed by atoms with Gasteiger partial charge in [-0.3, -0.25) is 9.89 Å². The molecule has 1 fully saturated rings. The van der Waals surface area contributed by atoms with E-state index in [4.69, 9.17) is 8.19 Å². The van der Waals surface area contributed by atoms with Crippen molar-refractivity contribution >= 4 is 59.1 Å². The van der Waals surface area contributed by atoms with Crippen LogP contribution in [0.5, 0.6) is 5.75 Å². The van der Waals surface area contributed by atoms with Crippen molar-refractivity contribution in [3.8, 4) is 5.75 Å². The number of nitrogens with zero attached hydrogens (tertiary/aromatic N) is 2. The Hall–Kier alpha value is -4.11. The number of carbonyl (C=O) groups excluding carboxylic acids is 2. The summed E-state index contributed by atoms with van der Waals surface area (Å²) in [5.74, 6) is -0.521. The Bertz CT molecular complexity index is 1570. The van der Waals surface area contributed by atoms with Crippen molar-refractivity contribution < 1.29 is 26.6 Å². The Balaban J connectivity index is 0.000000212. The van der Waals surface area contributed by atoms with Gasteiger partial charge in [-0.2, -0.15) is 5.10 Å². The average Bonchev–Trinajstić information content (AvgIpc) is 3.36. The van der Waals surface area contributed by atoms with Gasteiger partial charge >= 0.3 is 88.1 Å². The zero-order valence-electron chi connectivity index (χ0n) is 21.9. The Morgan fingerprint density at radius 2 is 1.68 bits per heavy atom. The van der Waals surface area contributed by atoms with Crippen LogP contribution in [-0.4, -0.2) is 67.5 Å². The molecular weight excluding hydrogens is 575 g/mol. The van der Waals surface area contributed by atoms with E-state index in [-0.39, 0.29) is 21.7 Å². The van der Waals surface area contributed by atoms with Crippen molar-refractivity contribution in [1.29, 1.82) is 0 Å². The number of hydrogen-bond donors (Lipinski definition) is 5. The summed E-state index contributed by atoms with van der Waals surface area (Å²) in [7, 11) is 0. The summed E-state index contributed by atoms with van der Waals surface area (Å²) in [6, 6.07) is 19.2. The van der Waals surface area contributed by atoms with Crippen LogP contribution in [0.1, 0.15) is 47.8 Å². The van der Waals surface area contributed by atoms with Gasteiger partial charge in [0.15, 0.2) is 0 Å². The van der Waals surface area contributed by atoms with E-state index in [1.165, 1.54) is 13.3 Å². The van der Waals surface area contributed by atoms with E-state index < -0.39 is 20.1 Å². The third-order valence-corrected chi connectivity index (χ3v) is 8.36. The Morgan fingerprint density at radius 1 is 0.975 bits per heavy atom. The maximum atomic E-state index is 12.5. The number of rotatable bonds is 5. The second-order valence-electron chi connectivity index (χ2n) is 9.39. The second-order valence-corrected chi connectivity index (χ2v) is 12.8. The van der Waals surface area contributed by atoms with Gasteiger partial charge in [-0.15, -0.1) is 0 Å². The molecule has 40 heavy (non-hydrogen) atoms. The van der Waals surface area contributed by atoms with E-state index in [0.717, 1.165) is 71.9 Å². The number of benzene rings is 3. The van der Waals surface area contributed by atoms with Gasteiger partial charge in [-0.1, -0.05) is 36.4 Å². The molecule has 0 spiro atoms. The molecule has 2 amide bonds. The summed E-state index contributed by atoms with van der Waals surface area (Å²) in [4.78, 5) is 25.2. The van der Waals surface area contributed by atoms with Crippen molar-refractivity contribution in [2.45, 2.75) is 26.2 Å². The third kappa shape index (κ3) is 7.50. The van der Waals surface area contributed by atoms with Gasteiger partial charge in [-0.25, -0.2) is 0 Å². The Morgan fingerprint density at radius 3 is 2.35 bits per heavy atom. The van der Waals surface area contributed by atoms with E-state index >= 15 is 0 Å². The van der Waals surface area contributed by atoms with Crippen LogP contribution in [0.2, 0.25) is 0 Å². The van der Waals surface area contributed by atoms with E-state index in [9.17, 15) is 18.4 Å². The number of fused-ring (bicyclic) bond motifs is 1. The molecule has 0 unspecified atom stereocenters. The zero-order chi connectivity index (χ0) is 28.7. The predicted octanol–water partition coefficient (Wildman–Crippen LogP) is 3.27. The number of carbonyl (C=O) groups is 2. The van der Waals surface area contributed by atoms with Crippen LogP contribution in [0, 0.1) is 0 Å². The quantitative estimate of drug-likeness (QED) is 0.173. The van der Waals surface area contributed by atoms with Gasteiger partial charge in [0.25, 0.3) is 5.91 Å². The molecule has 5 N–H and O–H groups in total. The number of piperidine rings is 1. The molecule has 1 saturated heterocycles. The Kier molecular flexibility index (Phi) is 9.26. The van der Waals surface area contributed by atoms with Crippen molar-refractivity contribution in [2.75, 3.05) is 18.4 Å². The topological polar surface area (TPSA) is 156 Å². The first-order valence-electron chi connectivity index (χ1n) is 12.8. The van der Waals surface area contributed by atoms with Crippen molar-refractivity contribution in [2.24, 2.45) is 0 Å². The molecule has 11 heteroatoms. The van der Waals surface area contributed by atoms with Crippen molar-refractivity contribution in [3.63, 3.8) is 0 Å². The fraction of sp³-hybridized carbons (Fsp3) is 0.207. The summed E-state index contributed by atoms with van der Waals surface area (Å²) in [5.41, 5.74) is 3.77. The molecule has 1 aliphatic heterocycles. The van der Waals surface area contributed by atoms with Gasteiger partial charge in [0.05, 0.1) is 11.2 Å². The summed E-state index contributed by atoms with van der Waals surface area (Å²) < 4.78 is 28.6. The SMILES string of the molecule is CC(=O)Nc1cc([As](=O)(O)O)ccc1O.O=C(c1ccc(C=Cc2n[nH]c3ccccc23)cc1)N1CCCCC1. The number of amides is 2. The largest absolute Gasteiger partial charge is 0.339 e. The molecule has 2 heterocycles. The number of aromatic nitrogens is 2. The minimum absolute atomic E-state index is 0.00951. The summed E-state index contributed by atoms with van der Waals surface area (Å²) >= 11 is -4.98. The van der Waals surface area contributed by atoms with E-state index in [1.54, 1.807) is 0 Å². The van der Waals surface area contributed by atoms with Crippen LogP contribution < -0.4 is 9.67 Å².